The van der Waals surface area contributed by atoms with Crippen LogP contribution in [0.4, 0.5) is 0 Å². The minimum Gasteiger partial charge on any atom is -0.392 e. The van der Waals surface area contributed by atoms with Crippen molar-refractivity contribution in [3.63, 3.8) is 0 Å². The summed E-state index contributed by atoms with van der Waals surface area (Å²) in [4.78, 5) is 0. The molecule has 6 heteroatoms. The topological polar surface area (TPSA) is 66.4 Å². The van der Waals surface area contributed by atoms with Crippen LogP contribution in [0.3, 0.4) is 0 Å². The van der Waals surface area contributed by atoms with E-state index in [1.54, 1.807) is 35.6 Å². The SMILES string of the molecule is CC(NS(=O)(=O)Cc1cccc(CO)c1)c1ccsc1. The van der Waals surface area contributed by atoms with E-state index in [0.717, 1.165) is 5.56 Å². The lowest BCUT2D eigenvalue weighted by Gasteiger charge is -2.13. The molecule has 20 heavy (non-hydrogen) atoms. The minimum absolute atomic E-state index is 0.0880. The van der Waals surface area contributed by atoms with Gasteiger partial charge < -0.3 is 5.11 Å². The summed E-state index contributed by atoms with van der Waals surface area (Å²) in [6.45, 7) is 1.73. The zero-order valence-electron chi connectivity index (χ0n) is 11.1. The van der Waals surface area contributed by atoms with Crippen LogP contribution in [0, 0.1) is 0 Å². The molecular weight excluding hydrogens is 294 g/mol. The molecule has 0 amide bonds. The number of aliphatic hydroxyl groups excluding tert-OH is 1. The molecule has 1 aromatic carbocycles. The molecule has 0 bridgehead atoms. The van der Waals surface area contributed by atoms with Crippen LogP contribution in [0.5, 0.6) is 0 Å². The van der Waals surface area contributed by atoms with Crippen molar-refractivity contribution in [2.75, 3.05) is 0 Å². The molecule has 0 aliphatic carbocycles. The molecule has 0 fully saturated rings. The highest BCUT2D eigenvalue weighted by Gasteiger charge is 2.16. The lowest BCUT2D eigenvalue weighted by molar-refractivity contribution is 0.282. The van der Waals surface area contributed by atoms with Crippen LogP contribution in [-0.2, 0) is 22.4 Å². The molecule has 2 aromatic rings. The fourth-order valence-electron chi connectivity index (χ4n) is 1.94. The van der Waals surface area contributed by atoms with Crippen LogP contribution >= 0.6 is 11.3 Å². The Kier molecular flexibility index (Phi) is 4.93. The van der Waals surface area contributed by atoms with E-state index >= 15 is 0 Å². The Morgan fingerprint density at radius 2 is 2.05 bits per heavy atom. The second-order valence-corrected chi connectivity index (χ2v) is 7.17. The largest absolute Gasteiger partial charge is 0.392 e. The molecule has 108 valence electrons. The lowest BCUT2D eigenvalue weighted by atomic mass is 10.1. The van der Waals surface area contributed by atoms with Crippen molar-refractivity contribution in [2.45, 2.75) is 25.3 Å². The van der Waals surface area contributed by atoms with Gasteiger partial charge in [0.05, 0.1) is 12.4 Å². The molecule has 1 aromatic heterocycles. The van der Waals surface area contributed by atoms with Crippen molar-refractivity contribution in [1.29, 1.82) is 0 Å². The first-order valence-corrected chi connectivity index (χ1v) is 8.80. The summed E-state index contributed by atoms with van der Waals surface area (Å²) in [7, 11) is -3.41. The molecule has 2 N–H and O–H groups in total. The van der Waals surface area contributed by atoms with Gasteiger partial charge in [0.25, 0.3) is 0 Å². The standard InChI is InChI=1S/C14H17NO3S2/c1-11(14-5-6-19-9-14)15-20(17,18)10-13-4-2-3-12(7-13)8-16/h2-7,9,11,15-16H,8,10H2,1H3. The number of benzene rings is 1. The van der Waals surface area contributed by atoms with Gasteiger partial charge in [0.2, 0.25) is 10.0 Å². The van der Waals surface area contributed by atoms with E-state index in [1.807, 2.05) is 23.8 Å². The van der Waals surface area contributed by atoms with Gasteiger partial charge in [-0.3, -0.25) is 0 Å². The van der Waals surface area contributed by atoms with Gasteiger partial charge in [-0.15, -0.1) is 0 Å². The summed E-state index contributed by atoms with van der Waals surface area (Å²) in [5.74, 6) is -0.0880. The van der Waals surface area contributed by atoms with Crippen LogP contribution in [0.25, 0.3) is 0 Å². The smallest absolute Gasteiger partial charge is 0.216 e. The van der Waals surface area contributed by atoms with Crippen molar-refractivity contribution in [3.8, 4) is 0 Å². The highest BCUT2D eigenvalue weighted by atomic mass is 32.2. The van der Waals surface area contributed by atoms with Gasteiger partial charge in [0, 0.05) is 6.04 Å². The van der Waals surface area contributed by atoms with E-state index in [2.05, 4.69) is 4.72 Å². The predicted molar refractivity (Wildman–Crippen MR) is 80.9 cm³/mol. The number of hydrogen-bond acceptors (Lipinski definition) is 4. The number of rotatable bonds is 6. The van der Waals surface area contributed by atoms with Gasteiger partial charge in [0.15, 0.2) is 0 Å². The summed E-state index contributed by atoms with van der Waals surface area (Å²) in [6, 6.07) is 8.62. The molecule has 0 radical (unpaired) electrons. The Bertz CT molecular complexity index is 651. The first-order valence-electron chi connectivity index (χ1n) is 6.21. The lowest BCUT2D eigenvalue weighted by Crippen LogP contribution is -2.27. The highest BCUT2D eigenvalue weighted by Crippen LogP contribution is 2.17. The Morgan fingerprint density at radius 3 is 2.70 bits per heavy atom. The van der Waals surface area contributed by atoms with Gasteiger partial charge in [-0.2, -0.15) is 11.3 Å². The summed E-state index contributed by atoms with van der Waals surface area (Å²) in [6.07, 6.45) is 0. The van der Waals surface area contributed by atoms with Crippen LogP contribution < -0.4 is 4.72 Å². The maximum atomic E-state index is 12.1. The monoisotopic (exact) mass is 311 g/mol. The van der Waals surface area contributed by atoms with Gasteiger partial charge in [-0.1, -0.05) is 24.3 Å². The summed E-state index contributed by atoms with van der Waals surface area (Å²) in [5.41, 5.74) is 2.34. The summed E-state index contributed by atoms with van der Waals surface area (Å²) >= 11 is 1.54. The zero-order chi connectivity index (χ0) is 14.6. The van der Waals surface area contributed by atoms with E-state index in [4.69, 9.17) is 5.11 Å². The third-order valence-electron chi connectivity index (χ3n) is 2.93. The van der Waals surface area contributed by atoms with Crippen molar-refractivity contribution in [1.82, 2.24) is 4.72 Å². The average molecular weight is 311 g/mol. The van der Waals surface area contributed by atoms with Gasteiger partial charge in [-0.05, 0) is 40.4 Å². The number of aliphatic hydroxyl groups is 1. The molecule has 0 aliphatic heterocycles. The normalized spacial score (nSPS) is 13.3. The Balaban J connectivity index is 2.07. The summed E-state index contributed by atoms with van der Waals surface area (Å²) in [5, 5.41) is 12.9. The molecule has 0 aliphatic rings. The third kappa shape index (κ3) is 4.14. The van der Waals surface area contributed by atoms with Crippen molar-refractivity contribution >= 4 is 21.4 Å². The van der Waals surface area contributed by atoms with Gasteiger partial charge in [0.1, 0.15) is 0 Å². The molecular formula is C14H17NO3S2. The van der Waals surface area contributed by atoms with Crippen LogP contribution in [0.2, 0.25) is 0 Å². The number of hydrogen-bond donors (Lipinski definition) is 2. The second kappa shape index (κ2) is 6.49. The van der Waals surface area contributed by atoms with Crippen LogP contribution in [0.15, 0.2) is 41.1 Å². The maximum Gasteiger partial charge on any atom is 0.216 e. The zero-order valence-corrected chi connectivity index (χ0v) is 12.7. The first-order chi connectivity index (χ1) is 9.50. The Morgan fingerprint density at radius 1 is 1.30 bits per heavy atom. The third-order valence-corrected chi connectivity index (χ3v) is 5.06. The Hall–Kier alpha value is -1.21. The Labute approximate surface area is 123 Å². The van der Waals surface area contributed by atoms with Gasteiger partial charge in [-0.25, -0.2) is 13.1 Å². The molecule has 0 saturated carbocycles. The molecule has 2 rings (SSSR count). The number of nitrogens with one attached hydrogen (secondary N) is 1. The molecule has 0 saturated heterocycles. The van der Waals surface area contributed by atoms with E-state index < -0.39 is 10.0 Å². The van der Waals surface area contributed by atoms with Crippen molar-refractivity contribution in [2.24, 2.45) is 0 Å². The second-order valence-electron chi connectivity index (χ2n) is 4.63. The van der Waals surface area contributed by atoms with E-state index in [9.17, 15) is 8.42 Å². The molecule has 1 atom stereocenters. The minimum atomic E-state index is -3.41. The van der Waals surface area contributed by atoms with E-state index in [-0.39, 0.29) is 18.4 Å². The van der Waals surface area contributed by atoms with E-state index in [1.165, 1.54) is 0 Å². The molecule has 1 unspecified atom stereocenters. The molecule has 0 spiro atoms. The molecule has 4 nitrogen and oxygen atoms in total. The van der Waals surface area contributed by atoms with Crippen molar-refractivity contribution in [3.05, 3.63) is 57.8 Å². The fraction of sp³-hybridized carbons (Fsp3) is 0.286. The first kappa shape index (κ1) is 15.2. The fourth-order valence-corrected chi connectivity index (χ4v) is 4.07. The maximum absolute atomic E-state index is 12.1. The summed E-state index contributed by atoms with van der Waals surface area (Å²) < 4.78 is 26.9. The number of thiophene rings is 1. The van der Waals surface area contributed by atoms with Crippen LogP contribution in [0.1, 0.15) is 29.7 Å². The molecule has 1 heterocycles. The van der Waals surface area contributed by atoms with Gasteiger partial charge >= 0.3 is 0 Å². The predicted octanol–water partition coefficient (Wildman–Crippen LogP) is 2.42. The van der Waals surface area contributed by atoms with Crippen LogP contribution in [-0.4, -0.2) is 13.5 Å². The highest BCUT2D eigenvalue weighted by molar-refractivity contribution is 7.88. The van der Waals surface area contributed by atoms with Crippen molar-refractivity contribution < 1.29 is 13.5 Å². The van der Waals surface area contributed by atoms with E-state index in [0.29, 0.717) is 11.1 Å². The average Bonchev–Trinajstić information content (AvgIpc) is 2.91. The quantitative estimate of drug-likeness (QED) is 0.861. The number of sulfonamides is 1.